The number of hydrogen-bond donors (Lipinski definition) is 2. The number of aryl methyl sites for hydroxylation is 1. The van der Waals surface area contributed by atoms with Crippen LogP contribution in [0.2, 0.25) is 0 Å². The highest BCUT2D eigenvalue weighted by Crippen LogP contribution is 2.32. The quantitative estimate of drug-likeness (QED) is 0.565. The summed E-state index contributed by atoms with van der Waals surface area (Å²) in [5.41, 5.74) is 3.94. The first-order valence-electron chi connectivity index (χ1n) is 12.2. The molecule has 5 rings (SSSR count). The van der Waals surface area contributed by atoms with Crippen molar-refractivity contribution in [3.05, 3.63) is 45.6 Å². The fraction of sp³-hybridized carbons (Fsp3) is 0.500. The van der Waals surface area contributed by atoms with Crippen molar-refractivity contribution >= 4 is 33.4 Å². The van der Waals surface area contributed by atoms with Crippen molar-refractivity contribution in [1.29, 1.82) is 0 Å². The van der Waals surface area contributed by atoms with Crippen LogP contribution in [0.3, 0.4) is 0 Å². The van der Waals surface area contributed by atoms with Crippen molar-refractivity contribution in [1.82, 2.24) is 15.3 Å². The number of aromatic amines is 1. The molecular formula is C26H32N4O2S. The molecule has 2 fully saturated rings. The Balaban J connectivity index is 1.27. The summed E-state index contributed by atoms with van der Waals surface area (Å²) in [5, 5.41) is 5.23. The number of carbonyl (C=O) groups excluding carboxylic acids is 1. The number of benzene rings is 1. The van der Waals surface area contributed by atoms with Crippen LogP contribution in [0.15, 0.2) is 34.4 Å². The zero-order chi connectivity index (χ0) is 22.8. The summed E-state index contributed by atoms with van der Waals surface area (Å²) in [7, 11) is 0. The van der Waals surface area contributed by atoms with Crippen LogP contribution in [0.5, 0.6) is 0 Å². The molecule has 0 spiro atoms. The van der Waals surface area contributed by atoms with E-state index in [1.54, 1.807) is 0 Å². The van der Waals surface area contributed by atoms with E-state index >= 15 is 0 Å². The smallest absolute Gasteiger partial charge is 0.270 e. The van der Waals surface area contributed by atoms with Crippen molar-refractivity contribution < 1.29 is 4.79 Å². The summed E-state index contributed by atoms with van der Waals surface area (Å²) in [6.07, 6.45) is 7.98. The van der Waals surface area contributed by atoms with Crippen LogP contribution in [0.4, 0.5) is 5.95 Å². The number of aromatic nitrogens is 2. The fourth-order valence-corrected chi connectivity index (χ4v) is 6.13. The molecule has 0 bridgehead atoms. The van der Waals surface area contributed by atoms with Gasteiger partial charge in [-0.25, -0.2) is 4.98 Å². The van der Waals surface area contributed by atoms with Crippen LogP contribution in [-0.4, -0.2) is 35.5 Å². The summed E-state index contributed by atoms with van der Waals surface area (Å²) in [5.74, 6) is 1.50. The second kappa shape index (κ2) is 9.67. The van der Waals surface area contributed by atoms with Gasteiger partial charge in [-0.05, 0) is 44.1 Å². The van der Waals surface area contributed by atoms with E-state index in [0.29, 0.717) is 16.6 Å². The number of fused-ring (bicyclic) bond motifs is 1. The Morgan fingerprint density at radius 3 is 2.73 bits per heavy atom. The molecule has 7 heteroatoms. The Labute approximate surface area is 198 Å². The van der Waals surface area contributed by atoms with Crippen molar-refractivity contribution in [2.45, 2.75) is 51.9 Å². The Morgan fingerprint density at radius 2 is 1.97 bits per heavy atom. The van der Waals surface area contributed by atoms with E-state index in [1.807, 2.05) is 11.4 Å². The van der Waals surface area contributed by atoms with Gasteiger partial charge in [0.2, 0.25) is 11.9 Å². The molecule has 2 N–H and O–H groups in total. The van der Waals surface area contributed by atoms with Gasteiger partial charge in [-0.2, -0.15) is 0 Å². The number of hydrogen-bond acceptors (Lipinski definition) is 5. The molecule has 3 aromatic rings. The average molecular weight is 465 g/mol. The Morgan fingerprint density at radius 1 is 1.18 bits per heavy atom. The first kappa shape index (κ1) is 22.1. The number of nitrogens with one attached hydrogen (secondary N) is 2. The second-order valence-electron chi connectivity index (χ2n) is 9.60. The predicted octanol–water partition coefficient (Wildman–Crippen LogP) is 4.87. The highest BCUT2D eigenvalue weighted by atomic mass is 32.1. The molecule has 3 heterocycles. The Kier molecular flexibility index (Phi) is 6.49. The lowest BCUT2D eigenvalue weighted by Crippen LogP contribution is -2.42. The molecule has 2 aliphatic rings. The van der Waals surface area contributed by atoms with E-state index in [2.05, 4.69) is 40.3 Å². The van der Waals surface area contributed by atoms with Crippen LogP contribution < -0.4 is 15.8 Å². The van der Waals surface area contributed by atoms with Gasteiger partial charge in [-0.1, -0.05) is 49.1 Å². The van der Waals surface area contributed by atoms with Gasteiger partial charge < -0.3 is 10.2 Å². The van der Waals surface area contributed by atoms with E-state index in [1.165, 1.54) is 49.0 Å². The highest BCUT2D eigenvalue weighted by molar-refractivity contribution is 7.17. The molecule has 2 aromatic heterocycles. The molecule has 6 nitrogen and oxygen atoms in total. The maximum Gasteiger partial charge on any atom is 0.270 e. The lowest BCUT2D eigenvalue weighted by atomic mass is 9.89. The summed E-state index contributed by atoms with van der Waals surface area (Å²) in [4.78, 5) is 35.5. The fourth-order valence-electron chi connectivity index (χ4n) is 5.22. The van der Waals surface area contributed by atoms with Gasteiger partial charge in [-0.15, -0.1) is 11.3 Å². The molecule has 0 atom stereocenters. The average Bonchev–Trinajstić information content (AvgIpc) is 3.28. The van der Waals surface area contributed by atoms with E-state index in [-0.39, 0.29) is 17.4 Å². The van der Waals surface area contributed by atoms with Crippen molar-refractivity contribution in [3.63, 3.8) is 0 Å². The third-order valence-corrected chi connectivity index (χ3v) is 8.17. The minimum Gasteiger partial charge on any atom is -0.356 e. The van der Waals surface area contributed by atoms with Crippen molar-refractivity contribution in [2.24, 2.45) is 11.8 Å². The number of thiophene rings is 1. The summed E-state index contributed by atoms with van der Waals surface area (Å²) in [6, 6.07) is 8.29. The maximum atomic E-state index is 12.8. The van der Waals surface area contributed by atoms with Crippen LogP contribution >= 0.6 is 11.3 Å². The van der Waals surface area contributed by atoms with Gasteiger partial charge in [-0.3, -0.25) is 14.6 Å². The highest BCUT2D eigenvalue weighted by Gasteiger charge is 2.27. The molecule has 1 amide bonds. The monoisotopic (exact) mass is 464 g/mol. The van der Waals surface area contributed by atoms with Crippen molar-refractivity contribution in [2.75, 3.05) is 24.5 Å². The number of anilines is 1. The van der Waals surface area contributed by atoms with Gasteiger partial charge in [0.15, 0.2) is 0 Å². The molecule has 0 unspecified atom stereocenters. The largest absolute Gasteiger partial charge is 0.356 e. The summed E-state index contributed by atoms with van der Waals surface area (Å²) in [6.45, 7) is 4.34. The van der Waals surface area contributed by atoms with Crippen molar-refractivity contribution in [3.8, 4) is 11.1 Å². The molecule has 33 heavy (non-hydrogen) atoms. The second-order valence-corrected chi connectivity index (χ2v) is 10.5. The summed E-state index contributed by atoms with van der Waals surface area (Å²) < 4.78 is 0.659. The first-order chi connectivity index (χ1) is 16.1. The minimum atomic E-state index is -0.0914. The molecule has 1 aliphatic heterocycles. The number of nitrogens with zero attached hydrogens (tertiary/aromatic N) is 2. The predicted molar refractivity (Wildman–Crippen MR) is 135 cm³/mol. The third kappa shape index (κ3) is 4.83. The van der Waals surface area contributed by atoms with Crippen LogP contribution in [0, 0.1) is 18.8 Å². The van der Waals surface area contributed by atoms with Gasteiger partial charge in [0.25, 0.3) is 5.56 Å². The third-order valence-electron chi connectivity index (χ3n) is 7.20. The standard InChI is InChI=1S/C26H32N4O2S/c1-17-6-5-9-20(14-17)21-16-33-23-22(21)28-26(29-25(23)32)30-12-10-19(11-13-30)24(31)27-15-18-7-3-2-4-8-18/h5-6,9,14,16,18-19H,2-4,7-8,10-13,15H2,1H3,(H,27,31)(H,28,29,32). The normalized spacial score (nSPS) is 18.0. The minimum absolute atomic E-state index is 0.0456. The Hall–Kier alpha value is -2.67. The molecule has 1 aliphatic carbocycles. The van der Waals surface area contributed by atoms with E-state index in [9.17, 15) is 9.59 Å². The number of piperidine rings is 1. The topological polar surface area (TPSA) is 78.1 Å². The van der Waals surface area contributed by atoms with Gasteiger partial charge in [0, 0.05) is 36.5 Å². The lowest BCUT2D eigenvalue weighted by Gasteiger charge is -2.32. The number of rotatable bonds is 5. The molecule has 1 aromatic carbocycles. The number of amides is 1. The van der Waals surface area contributed by atoms with Crippen LogP contribution in [0.1, 0.15) is 50.5 Å². The molecule has 1 saturated carbocycles. The SMILES string of the molecule is Cc1cccc(-c2csc3c(=O)[nH]c(N4CCC(C(=O)NCC5CCCCC5)CC4)nc23)c1. The molecule has 1 saturated heterocycles. The first-order valence-corrected chi connectivity index (χ1v) is 13.1. The van der Waals surface area contributed by atoms with Gasteiger partial charge in [0.1, 0.15) is 4.70 Å². The van der Waals surface area contributed by atoms with Crippen LogP contribution in [-0.2, 0) is 4.79 Å². The van der Waals surface area contributed by atoms with Gasteiger partial charge >= 0.3 is 0 Å². The zero-order valence-electron chi connectivity index (χ0n) is 19.2. The molecule has 174 valence electrons. The van der Waals surface area contributed by atoms with Crippen LogP contribution in [0.25, 0.3) is 21.3 Å². The van der Waals surface area contributed by atoms with E-state index in [0.717, 1.165) is 49.1 Å². The number of carbonyl (C=O) groups is 1. The molecular weight excluding hydrogens is 432 g/mol. The Bertz CT molecular complexity index is 1190. The zero-order valence-corrected chi connectivity index (χ0v) is 20.0. The summed E-state index contributed by atoms with van der Waals surface area (Å²) >= 11 is 1.44. The van der Waals surface area contributed by atoms with E-state index in [4.69, 9.17) is 4.98 Å². The lowest BCUT2D eigenvalue weighted by molar-refractivity contribution is -0.125. The van der Waals surface area contributed by atoms with Gasteiger partial charge in [0.05, 0.1) is 5.52 Å². The van der Waals surface area contributed by atoms with E-state index < -0.39 is 0 Å². The molecule has 0 radical (unpaired) electrons. The maximum absolute atomic E-state index is 12.8. The number of H-pyrrole nitrogens is 1.